The second-order valence-electron chi connectivity index (χ2n) is 4.73. The molecule has 13 heavy (non-hydrogen) atoms. The Labute approximate surface area is 82.7 Å². The lowest BCUT2D eigenvalue weighted by molar-refractivity contribution is 0.486. The Morgan fingerprint density at radius 3 is 2.62 bits per heavy atom. The zero-order valence-corrected chi connectivity index (χ0v) is 9.38. The number of allylic oxidation sites excluding steroid dienone is 4. The monoisotopic (exact) mass is 178 g/mol. The van der Waals surface area contributed by atoms with Gasteiger partial charge in [0.1, 0.15) is 0 Å². The van der Waals surface area contributed by atoms with Crippen molar-refractivity contribution in [1.82, 2.24) is 0 Å². The Balaban J connectivity index is 2.65. The quantitative estimate of drug-likeness (QED) is 0.594. The molecule has 0 heteroatoms. The van der Waals surface area contributed by atoms with Crippen LogP contribution in [0.3, 0.4) is 0 Å². The number of hydrogen-bond acceptors (Lipinski definition) is 0. The fraction of sp³-hybridized carbons (Fsp3) is 0.692. The summed E-state index contributed by atoms with van der Waals surface area (Å²) in [6.45, 7) is 9.11. The first-order valence-corrected chi connectivity index (χ1v) is 5.49. The van der Waals surface area contributed by atoms with Crippen molar-refractivity contribution < 1.29 is 0 Å². The van der Waals surface area contributed by atoms with Gasteiger partial charge in [0.2, 0.25) is 0 Å². The molecule has 0 fully saturated rings. The number of rotatable bonds is 2. The van der Waals surface area contributed by atoms with Gasteiger partial charge in [0.15, 0.2) is 0 Å². The largest absolute Gasteiger partial charge is 0.0817 e. The first-order chi connectivity index (χ1) is 6.09. The maximum Gasteiger partial charge on any atom is -0.0193 e. The fourth-order valence-corrected chi connectivity index (χ4v) is 1.78. The maximum atomic E-state index is 2.44. The molecule has 1 aliphatic rings. The average Bonchev–Trinajstić information content (AvgIpc) is 2.06. The van der Waals surface area contributed by atoms with Gasteiger partial charge in [0.05, 0.1) is 0 Å². The molecule has 0 amide bonds. The summed E-state index contributed by atoms with van der Waals surface area (Å²) in [7, 11) is 0. The predicted octanol–water partition coefficient (Wildman–Crippen LogP) is 4.19. The zero-order chi connectivity index (χ0) is 9.84. The highest BCUT2D eigenvalue weighted by atomic mass is 14.2. The van der Waals surface area contributed by atoms with Crippen LogP contribution >= 0.6 is 0 Å². The Hall–Kier alpha value is -0.520. The predicted molar refractivity (Wildman–Crippen MR) is 59.6 cm³/mol. The van der Waals surface area contributed by atoms with Crippen molar-refractivity contribution in [3.05, 3.63) is 23.8 Å². The Morgan fingerprint density at radius 1 is 1.31 bits per heavy atom. The minimum Gasteiger partial charge on any atom is -0.0817 e. The Kier molecular flexibility index (Phi) is 3.77. The Bertz CT molecular complexity index is 208. The molecule has 0 saturated heterocycles. The van der Waals surface area contributed by atoms with E-state index in [1.165, 1.54) is 12.8 Å². The summed E-state index contributed by atoms with van der Waals surface area (Å²) in [6.07, 6.45) is 9.79. The van der Waals surface area contributed by atoms with E-state index in [9.17, 15) is 0 Å². The van der Waals surface area contributed by atoms with Crippen molar-refractivity contribution in [1.29, 1.82) is 0 Å². The van der Waals surface area contributed by atoms with Gasteiger partial charge in [-0.25, -0.2) is 0 Å². The molecule has 0 radical (unpaired) electrons. The molecule has 2 atom stereocenters. The van der Waals surface area contributed by atoms with E-state index in [1.54, 1.807) is 5.57 Å². The smallest absolute Gasteiger partial charge is 0.0193 e. The molecule has 0 nitrogen and oxygen atoms in total. The van der Waals surface area contributed by atoms with Crippen LogP contribution in [0.5, 0.6) is 0 Å². The normalized spacial score (nSPS) is 29.8. The molecule has 0 aromatic rings. The van der Waals surface area contributed by atoms with E-state index in [-0.39, 0.29) is 0 Å². The van der Waals surface area contributed by atoms with E-state index in [0.29, 0.717) is 5.92 Å². The summed E-state index contributed by atoms with van der Waals surface area (Å²) in [5.74, 6) is 2.22. The van der Waals surface area contributed by atoms with Crippen LogP contribution in [0.2, 0.25) is 0 Å². The fourth-order valence-electron chi connectivity index (χ4n) is 1.78. The molecule has 0 heterocycles. The van der Waals surface area contributed by atoms with Crippen LogP contribution < -0.4 is 0 Å². The van der Waals surface area contributed by atoms with Gasteiger partial charge in [0, 0.05) is 0 Å². The minimum absolute atomic E-state index is 0.672. The molecule has 0 N–H and O–H groups in total. The third-order valence-electron chi connectivity index (χ3n) is 2.77. The molecular weight excluding hydrogens is 156 g/mol. The molecule has 0 spiro atoms. The van der Waals surface area contributed by atoms with Crippen molar-refractivity contribution in [2.45, 2.75) is 40.5 Å². The van der Waals surface area contributed by atoms with E-state index < -0.39 is 0 Å². The van der Waals surface area contributed by atoms with E-state index in [4.69, 9.17) is 0 Å². The molecule has 74 valence electrons. The highest BCUT2D eigenvalue weighted by molar-refractivity contribution is 5.24. The van der Waals surface area contributed by atoms with Gasteiger partial charge in [-0.2, -0.15) is 0 Å². The van der Waals surface area contributed by atoms with E-state index in [2.05, 4.69) is 45.9 Å². The third kappa shape index (κ3) is 3.38. The van der Waals surface area contributed by atoms with Gasteiger partial charge in [-0.3, -0.25) is 0 Å². The van der Waals surface area contributed by atoms with E-state index >= 15 is 0 Å². The van der Waals surface area contributed by atoms with Gasteiger partial charge in [-0.05, 0) is 36.2 Å². The van der Waals surface area contributed by atoms with Crippen LogP contribution in [0, 0.1) is 17.8 Å². The lowest BCUT2D eigenvalue weighted by Gasteiger charge is -2.22. The SMILES string of the molecule is CC(C)/C=C/C1=CC(C)CCC1C. The van der Waals surface area contributed by atoms with Gasteiger partial charge >= 0.3 is 0 Å². The third-order valence-corrected chi connectivity index (χ3v) is 2.77. The maximum absolute atomic E-state index is 2.44. The highest BCUT2D eigenvalue weighted by Gasteiger charge is 2.14. The second kappa shape index (κ2) is 4.64. The summed E-state index contributed by atoms with van der Waals surface area (Å²) >= 11 is 0. The van der Waals surface area contributed by atoms with Crippen molar-refractivity contribution in [3.8, 4) is 0 Å². The molecule has 1 rings (SSSR count). The molecule has 2 unspecified atom stereocenters. The standard InChI is InChI=1S/C13H22/c1-10(2)5-8-13-9-11(3)6-7-12(13)4/h5,8-12H,6-7H2,1-4H3/b8-5+. The molecular formula is C13H22. The van der Waals surface area contributed by atoms with Gasteiger partial charge in [-0.1, -0.05) is 45.9 Å². The van der Waals surface area contributed by atoms with Gasteiger partial charge in [0.25, 0.3) is 0 Å². The lowest BCUT2D eigenvalue weighted by Crippen LogP contribution is -2.08. The molecule has 0 bridgehead atoms. The molecule has 0 aliphatic heterocycles. The van der Waals surface area contributed by atoms with Crippen molar-refractivity contribution in [3.63, 3.8) is 0 Å². The second-order valence-corrected chi connectivity index (χ2v) is 4.73. The summed E-state index contributed by atoms with van der Waals surface area (Å²) in [4.78, 5) is 0. The highest BCUT2D eigenvalue weighted by Crippen LogP contribution is 2.28. The van der Waals surface area contributed by atoms with E-state index in [0.717, 1.165) is 11.8 Å². The molecule has 1 aliphatic carbocycles. The Morgan fingerprint density at radius 2 is 2.00 bits per heavy atom. The van der Waals surface area contributed by atoms with Crippen LogP contribution in [-0.4, -0.2) is 0 Å². The molecule has 0 saturated carbocycles. The van der Waals surface area contributed by atoms with Gasteiger partial charge in [-0.15, -0.1) is 0 Å². The average molecular weight is 178 g/mol. The first-order valence-electron chi connectivity index (χ1n) is 5.49. The van der Waals surface area contributed by atoms with Crippen molar-refractivity contribution >= 4 is 0 Å². The van der Waals surface area contributed by atoms with E-state index in [1.807, 2.05) is 0 Å². The van der Waals surface area contributed by atoms with Crippen LogP contribution in [0.1, 0.15) is 40.5 Å². The summed E-state index contributed by atoms with van der Waals surface area (Å²) in [6, 6.07) is 0. The number of hydrogen-bond donors (Lipinski definition) is 0. The van der Waals surface area contributed by atoms with Crippen molar-refractivity contribution in [2.24, 2.45) is 17.8 Å². The lowest BCUT2D eigenvalue weighted by atomic mass is 9.84. The summed E-state index contributed by atoms with van der Waals surface area (Å²) in [5.41, 5.74) is 1.55. The summed E-state index contributed by atoms with van der Waals surface area (Å²) < 4.78 is 0. The molecule has 0 aromatic carbocycles. The molecule has 0 aromatic heterocycles. The van der Waals surface area contributed by atoms with Gasteiger partial charge < -0.3 is 0 Å². The zero-order valence-electron chi connectivity index (χ0n) is 9.38. The topological polar surface area (TPSA) is 0 Å². The van der Waals surface area contributed by atoms with Crippen LogP contribution in [0.4, 0.5) is 0 Å². The van der Waals surface area contributed by atoms with Crippen LogP contribution in [0.25, 0.3) is 0 Å². The first kappa shape index (κ1) is 10.6. The van der Waals surface area contributed by atoms with Crippen LogP contribution in [-0.2, 0) is 0 Å². The van der Waals surface area contributed by atoms with Crippen molar-refractivity contribution in [2.75, 3.05) is 0 Å². The minimum atomic E-state index is 0.672. The van der Waals surface area contributed by atoms with Crippen LogP contribution in [0.15, 0.2) is 23.8 Å². The summed E-state index contributed by atoms with van der Waals surface area (Å²) in [5, 5.41) is 0.